The minimum Gasteiger partial charge on any atom is -0.469 e. The van der Waals surface area contributed by atoms with Crippen LogP contribution in [0.1, 0.15) is 40.9 Å². The first-order chi connectivity index (χ1) is 17.8. The van der Waals surface area contributed by atoms with Crippen molar-refractivity contribution in [1.82, 2.24) is 20.6 Å². The number of anilines is 2. The summed E-state index contributed by atoms with van der Waals surface area (Å²) in [4.78, 5) is 31.2. The number of rotatable bonds is 10. The number of benzene rings is 2. The number of amides is 1. The van der Waals surface area contributed by atoms with Crippen molar-refractivity contribution in [2.24, 2.45) is 0 Å². The summed E-state index contributed by atoms with van der Waals surface area (Å²) in [6, 6.07) is 16.6. The van der Waals surface area contributed by atoms with Gasteiger partial charge in [0.1, 0.15) is 0 Å². The van der Waals surface area contributed by atoms with E-state index in [0.29, 0.717) is 19.4 Å². The number of nitrogens with two attached hydrogens (primary N) is 2. The zero-order chi connectivity index (χ0) is 26.8. The van der Waals surface area contributed by atoms with Crippen LogP contribution < -0.4 is 22.1 Å². The molecule has 10 nitrogen and oxygen atoms in total. The summed E-state index contributed by atoms with van der Waals surface area (Å²) in [5.74, 6) is -1.31. The van der Waals surface area contributed by atoms with E-state index < -0.39 is 5.91 Å². The summed E-state index contributed by atoms with van der Waals surface area (Å²) < 4.78 is 4.69. The molecule has 0 aliphatic heterocycles. The van der Waals surface area contributed by atoms with Crippen molar-refractivity contribution in [3.05, 3.63) is 70.5 Å². The molecule has 1 amide bonds. The number of guanidine groups is 1. The molecule has 0 saturated carbocycles. The van der Waals surface area contributed by atoms with E-state index in [1.54, 1.807) is 0 Å². The Morgan fingerprint density at radius 3 is 2.46 bits per heavy atom. The van der Waals surface area contributed by atoms with Gasteiger partial charge in [-0.05, 0) is 47.9 Å². The van der Waals surface area contributed by atoms with Gasteiger partial charge in [0, 0.05) is 13.0 Å². The van der Waals surface area contributed by atoms with Crippen LogP contribution in [0.25, 0.3) is 11.1 Å². The number of methoxy groups -OCH3 is 1. The minimum atomic E-state index is -0.697. The quantitative estimate of drug-likeness (QED) is 0.116. The summed E-state index contributed by atoms with van der Waals surface area (Å²) in [5.41, 5.74) is 15.5. The molecule has 1 heterocycles. The summed E-state index contributed by atoms with van der Waals surface area (Å²) >= 11 is 5.79. The fourth-order valence-corrected chi connectivity index (χ4v) is 3.74. The molecule has 194 valence electrons. The van der Waals surface area contributed by atoms with Crippen molar-refractivity contribution in [1.29, 1.82) is 5.41 Å². The Bertz CT molecular complexity index is 1270. The molecule has 7 N–H and O–H groups in total. The van der Waals surface area contributed by atoms with Crippen LogP contribution in [0.3, 0.4) is 0 Å². The Hall–Kier alpha value is -4.18. The van der Waals surface area contributed by atoms with Crippen LogP contribution in [0.2, 0.25) is 5.15 Å². The van der Waals surface area contributed by atoms with Gasteiger partial charge in [-0.1, -0.05) is 60.1 Å². The van der Waals surface area contributed by atoms with Crippen LogP contribution in [0.4, 0.5) is 11.6 Å². The van der Waals surface area contributed by atoms with Gasteiger partial charge in [-0.15, -0.1) is 0 Å². The number of carbonyl (C=O) groups is 2. The highest BCUT2D eigenvalue weighted by Gasteiger charge is 2.17. The third-order valence-electron chi connectivity index (χ3n) is 5.61. The van der Waals surface area contributed by atoms with Crippen LogP contribution in [-0.2, 0) is 22.4 Å². The largest absolute Gasteiger partial charge is 0.469 e. The zero-order valence-corrected chi connectivity index (χ0v) is 21.3. The maximum absolute atomic E-state index is 12.3. The molecule has 0 bridgehead atoms. The molecule has 0 spiro atoms. The number of aromatic nitrogens is 2. The molecule has 3 rings (SSSR count). The first-order valence-electron chi connectivity index (χ1n) is 11.7. The van der Waals surface area contributed by atoms with Gasteiger partial charge in [-0.2, -0.15) is 0 Å². The number of carbonyl (C=O) groups excluding carboxylic acids is 2. The Kier molecular flexibility index (Phi) is 9.79. The summed E-state index contributed by atoms with van der Waals surface area (Å²) in [7, 11) is 1.40. The van der Waals surface area contributed by atoms with Gasteiger partial charge in [-0.25, -0.2) is 9.97 Å². The normalized spacial score (nSPS) is 10.5. The van der Waals surface area contributed by atoms with Gasteiger partial charge in [-0.3, -0.25) is 20.3 Å². The van der Waals surface area contributed by atoms with Crippen molar-refractivity contribution in [2.45, 2.75) is 32.1 Å². The number of nitrogens with zero attached hydrogens (tertiary/aromatic N) is 2. The van der Waals surface area contributed by atoms with Crippen LogP contribution in [0.5, 0.6) is 0 Å². The van der Waals surface area contributed by atoms with Gasteiger partial charge in [0.25, 0.3) is 5.91 Å². The number of hydrogen-bond acceptors (Lipinski definition) is 8. The van der Waals surface area contributed by atoms with Gasteiger partial charge in [0.2, 0.25) is 0 Å². The fourth-order valence-electron chi connectivity index (χ4n) is 3.61. The number of nitrogens with one attached hydrogen (secondary N) is 3. The smallest absolute Gasteiger partial charge is 0.305 e. The topological polar surface area (TPSA) is 169 Å². The number of ether oxygens (including phenoxy) is 1. The Balaban J connectivity index is 1.42. The van der Waals surface area contributed by atoms with Gasteiger partial charge in [0.05, 0.1) is 7.11 Å². The lowest BCUT2D eigenvalue weighted by molar-refractivity contribution is -0.140. The molecule has 1 aromatic heterocycles. The Morgan fingerprint density at radius 1 is 0.973 bits per heavy atom. The first-order valence-corrected chi connectivity index (χ1v) is 12.1. The summed E-state index contributed by atoms with van der Waals surface area (Å²) in [6.45, 7) is 0.509. The molecule has 11 heteroatoms. The Morgan fingerprint density at radius 2 is 1.73 bits per heavy atom. The van der Waals surface area contributed by atoms with Gasteiger partial charge >= 0.3 is 5.97 Å². The number of aryl methyl sites for hydroxylation is 2. The first kappa shape index (κ1) is 27.4. The van der Waals surface area contributed by atoms with Crippen molar-refractivity contribution in [2.75, 3.05) is 25.1 Å². The molecule has 0 aliphatic rings. The maximum Gasteiger partial charge on any atom is 0.305 e. The van der Waals surface area contributed by atoms with E-state index in [1.165, 1.54) is 12.7 Å². The highest BCUT2D eigenvalue weighted by atomic mass is 35.5. The highest BCUT2D eigenvalue weighted by molar-refractivity contribution is 6.31. The van der Waals surface area contributed by atoms with Crippen molar-refractivity contribution >= 4 is 41.1 Å². The molecule has 3 aromatic rings. The number of halogens is 1. The molecule has 0 atom stereocenters. The fraction of sp³-hybridized carbons (Fsp3) is 0.269. The second-order valence-electron chi connectivity index (χ2n) is 8.32. The van der Waals surface area contributed by atoms with Crippen LogP contribution in [0.15, 0.2) is 48.5 Å². The van der Waals surface area contributed by atoms with Crippen LogP contribution >= 0.6 is 11.6 Å². The third-order valence-corrected chi connectivity index (χ3v) is 5.89. The van der Waals surface area contributed by atoms with Gasteiger partial charge < -0.3 is 21.5 Å². The second-order valence-corrected chi connectivity index (χ2v) is 8.68. The number of esters is 1. The molecule has 37 heavy (non-hydrogen) atoms. The number of hydrogen-bond donors (Lipinski definition) is 5. The second kappa shape index (κ2) is 13.2. The van der Waals surface area contributed by atoms with E-state index in [2.05, 4.69) is 50.9 Å². The third kappa shape index (κ3) is 8.18. The number of nitrogen functional groups attached to an aromatic ring is 2. The van der Waals surface area contributed by atoms with Gasteiger partial charge in [0.15, 0.2) is 28.4 Å². The average Bonchev–Trinajstić information content (AvgIpc) is 2.89. The monoisotopic (exact) mass is 523 g/mol. The molecule has 0 saturated heterocycles. The predicted molar refractivity (Wildman–Crippen MR) is 144 cm³/mol. The summed E-state index contributed by atoms with van der Waals surface area (Å²) in [6.07, 6.45) is 3.60. The average molecular weight is 524 g/mol. The molecule has 0 radical (unpaired) electrons. The van der Waals surface area contributed by atoms with E-state index in [0.717, 1.165) is 36.0 Å². The van der Waals surface area contributed by atoms with E-state index in [9.17, 15) is 9.59 Å². The SMILES string of the molecule is COC(=O)CCc1ccc(-c2cccc(CCCCNC(=N)NC(=O)c3nc(Cl)c(N)nc3N)c2)cc1. The van der Waals surface area contributed by atoms with Crippen LogP contribution in [-0.4, -0.2) is 41.5 Å². The molecular formula is C26H30ClN7O3. The van der Waals surface area contributed by atoms with E-state index in [-0.39, 0.29) is 34.4 Å². The lowest BCUT2D eigenvalue weighted by Gasteiger charge is -2.11. The molecule has 0 aliphatic carbocycles. The Labute approximate surface area is 220 Å². The number of unbranched alkanes of at least 4 members (excludes halogenated alkanes) is 1. The lowest BCUT2D eigenvalue weighted by atomic mass is 9.99. The molecule has 0 fully saturated rings. The van der Waals surface area contributed by atoms with Crippen molar-refractivity contribution in [3.63, 3.8) is 0 Å². The lowest BCUT2D eigenvalue weighted by Crippen LogP contribution is -2.41. The molecular weight excluding hydrogens is 494 g/mol. The zero-order valence-electron chi connectivity index (χ0n) is 20.5. The molecule has 0 unspecified atom stereocenters. The van der Waals surface area contributed by atoms with Crippen molar-refractivity contribution < 1.29 is 14.3 Å². The van der Waals surface area contributed by atoms with E-state index in [1.807, 2.05) is 18.2 Å². The molecule has 2 aromatic carbocycles. The predicted octanol–water partition coefficient (Wildman–Crippen LogP) is 3.34. The highest BCUT2D eigenvalue weighted by Crippen LogP contribution is 2.22. The van der Waals surface area contributed by atoms with E-state index in [4.69, 9.17) is 33.2 Å². The van der Waals surface area contributed by atoms with E-state index >= 15 is 0 Å². The minimum absolute atomic E-state index is 0.0696. The standard InChI is InChI=1S/C26H30ClN7O3/c1-37-20(35)13-10-16-8-11-18(12-9-16)19-7-4-6-17(15-19)5-2-3-14-31-26(30)34-25(36)21-23(28)33-24(29)22(27)32-21/h4,6-9,11-12,15H,2-3,5,10,13-14H2,1H3,(H4,28,29,33)(H3,30,31,34,36). The van der Waals surface area contributed by atoms with Crippen LogP contribution in [0, 0.1) is 5.41 Å². The summed E-state index contributed by atoms with van der Waals surface area (Å²) in [5, 5.41) is 13.0. The maximum atomic E-state index is 12.3. The van der Waals surface area contributed by atoms with Crippen molar-refractivity contribution in [3.8, 4) is 11.1 Å².